The fourth-order valence-corrected chi connectivity index (χ4v) is 1.87. The summed E-state index contributed by atoms with van der Waals surface area (Å²) in [5.74, 6) is 1.33. The zero-order valence-electron chi connectivity index (χ0n) is 11.5. The van der Waals surface area contributed by atoms with Crippen LogP contribution in [-0.4, -0.2) is 21.9 Å². The molecule has 0 atom stereocenters. The SMILES string of the molecule is CCCc1cc(NC)nc(-c2ccc([N+](=O)[O-])cc2)n1. The summed E-state index contributed by atoms with van der Waals surface area (Å²) in [6.45, 7) is 2.09. The second kappa shape index (κ2) is 6.10. The number of rotatable bonds is 5. The molecule has 2 aromatic rings. The van der Waals surface area contributed by atoms with Crippen LogP contribution in [-0.2, 0) is 6.42 Å². The van der Waals surface area contributed by atoms with Crippen LogP contribution in [0.25, 0.3) is 11.4 Å². The molecule has 0 unspecified atom stereocenters. The van der Waals surface area contributed by atoms with Crippen molar-refractivity contribution in [2.24, 2.45) is 0 Å². The molecule has 0 aliphatic rings. The monoisotopic (exact) mass is 272 g/mol. The van der Waals surface area contributed by atoms with Crippen molar-refractivity contribution >= 4 is 11.5 Å². The maximum absolute atomic E-state index is 10.7. The number of anilines is 1. The van der Waals surface area contributed by atoms with Crippen LogP contribution in [0.1, 0.15) is 19.0 Å². The molecule has 6 nitrogen and oxygen atoms in total. The number of non-ortho nitro benzene ring substituents is 1. The van der Waals surface area contributed by atoms with Crippen LogP contribution in [0.3, 0.4) is 0 Å². The first kappa shape index (κ1) is 13.9. The van der Waals surface area contributed by atoms with Crippen molar-refractivity contribution in [2.75, 3.05) is 12.4 Å². The number of hydrogen-bond donors (Lipinski definition) is 1. The zero-order chi connectivity index (χ0) is 14.5. The molecule has 0 radical (unpaired) electrons. The number of hydrogen-bond acceptors (Lipinski definition) is 5. The quantitative estimate of drug-likeness (QED) is 0.668. The highest BCUT2D eigenvalue weighted by molar-refractivity contribution is 5.59. The van der Waals surface area contributed by atoms with Gasteiger partial charge in [0.1, 0.15) is 5.82 Å². The van der Waals surface area contributed by atoms with Gasteiger partial charge in [-0.2, -0.15) is 0 Å². The van der Waals surface area contributed by atoms with E-state index in [9.17, 15) is 10.1 Å². The highest BCUT2D eigenvalue weighted by Crippen LogP contribution is 2.21. The molecule has 1 N–H and O–H groups in total. The first-order valence-corrected chi connectivity index (χ1v) is 6.44. The minimum absolute atomic E-state index is 0.0623. The fraction of sp³-hybridized carbons (Fsp3) is 0.286. The van der Waals surface area contributed by atoms with Crippen LogP contribution in [0.2, 0.25) is 0 Å². The van der Waals surface area contributed by atoms with Crippen LogP contribution >= 0.6 is 0 Å². The summed E-state index contributed by atoms with van der Waals surface area (Å²) in [6.07, 6.45) is 1.87. The average molecular weight is 272 g/mol. The Bertz CT molecular complexity index is 611. The molecule has 1 heterocycles. The molecule has 2 rings (SSSR count). The Balaban J connectivity index is 2.40. The van der Waals surface area contributed by atoms with E-state index in [0.717, 1.165) is 29.9 Å². The number of nitro benzene ring substituents is 1. The third-order valence-electron chi connectivity index (χ3n) is 2.88. The highest BCUT2D eigenvalue weighted by atomic mass is 16.6. The van der Waals surface area contributed by atoms with E-state index in [1.165, 1.54) is 12.1 Å². The predicted octanol–water partition coefficient (Wildman–Crippen LogP) is 3.05. The molecule has 6 heteroatoms. The second-order valence-electron chi connectivity index (χ2n) is 4.37. The molecule has 0 fully saturated rings. The summed E-state index contributed by atoms with van der Waals surface area (Å²) >= 11 is 0. The van der Waals surface area contributed by atoms with E-state index in [1.807, 2.05) is 6.07 Å². The number of benzene rings is 1. The molecule has 0 aliphatic carbocycles. The molecule has 0 saturated carbocycles. The molecule has 1 aromatic carbocycles. The summed E-state index contributed by atoms with van der Waals surface area (Å²) in [5.41, 5.74) is 1.79. The predicted molar refractivity (Wildman–Crippen MR) is 77.7 cm³/mol. The van der Waals surface area contributed by atoms with E-state index in [0.29, 0.717) is 5.82 Å². The van der Waals surface area contributed by atoms with Gasteiger partial charge in [-0.15, -0.1) is 0 Å². The van der Waals surface area contributed by atoms with Crippen LogP contribution in [0.5, 0.6) is 0 Å². The van der Waals surface area contributed by atoms with E-state index < -0.39 is 4.92 Å². The van der Waals surface area contributed by atoms with E-state index in [4.69, 9.17) is 0 Å². The Morgan fingerprint density at radius 2 is 1.95 bits per heavy atom. The Morgan fingerprint density at radius 1 is 1.25 bits per heavy atom. The summed E-state index contributed by atoms with van der Waals surface area (Å²) < 4.78 is 0. The van der Waals surface area contributed by atoms with Gasteiger partial charge in [-0.05, 0) is 18.6 Å². The third kappa shape index (κ3) is 3.09. The number of aromatic nitrogens is 2. The third-order valence-corrected chi connectivity index (χ3v) is 2.88. The van der Waals surface area contributed by atoms with Gasteiger partial charge in [-0.3, -0.25) is 10.1 Å². The first-order valence-electron chi connectivity index (χ1n) is 6.44. The first-order chi connectivity index (χ1) is 9.63. The molecule has 20 heavy (non-hydrogen) atoms. The van der Waals surface area contributed by atoms with E-state index in [2.05, 4.69) is 22.2 Å². The van der Waals surface area contributed by atoms with Crippen molar-refractivity contribution < 1.29 is 4.92 Å². The standard InChI is InChI=1S/C14H16N4O2/c1-3-4-11-9-13(15-2)17-14(16-11)10-5-7-12(8-6-10)18(19)20/h5-9H,3-4H2,1-2H3,(H,15,16,17). The lowest BCUT2D eigenvalue weighted by atomic mass is 10.1. The zero-order valence-corrected chi connectivity index (χ0v) is 11.5. The number of aryl methyl sites for hydroxylation is 1. The maximum atomic E-state index is 10.7. The summed E-state index contributed by atoms with van der Waals surface area (Å²) in [7, 11) is 1.80. The van der Waals surface area contributed by atoms with E-state index in [-0.39, 0.29) is 5.69 Å². The molecular weight excluding hydrogens is 256 g/mol. The van der Waals surface area contributed by atoms with Gasteiger partial charge < -0.3 is 5.32 Å². The van der Waals surface area contributed by atoms with Gasteiger partial charge in [0.15, 0.2) is 5.82 Å². The molecule has 0 bridgehead atoms. The normalized spacial score (nSPS) is 10.3. The van der Waals surface area contributed by atoms with Gasteiger partial charge in [-0.1, -0.05) is 13.3 Å². The lowest BCUT2D eigenvalue weighted by molar-refractivity contribution is -0.384. The van der Waals surface area contributed by atoms with Crippen molar-refractivity contribution in [2.45, 2.75) is 19.8 Å². The minimum atomic E-state index is -0.419. The molecule has 0 spiro atoms. The maximum Gasteiger partial charge on any atom is 0.269 e. The van der Waals surface area contributed by atoms with Gasteiger partial charge in [0.2, 0.25) is 0 Å². The van der Waals surface area contributed by atoms with Crippen molar-refractivity contribution in [1.82, 2.24) is 9.97 Å². The van der Waals surface area contributed by atoms with Crippen molar-refractivity contribution in [1.29, 1.82) is 0 Å². The average Bonchev–Trinajstić information content (AvgIpc) is 2.47. The number of nitro groups is 1. The van der Waals surface area contributed by atoms with Crippen molar-refractivity contribution in [3.63, 3.8) is 0 Å². The van der Waals surface area contributed by atoms with Gasteiger partial charge >= 0.3 is 0 Å². The second-order valence-corrected chi connectivity index (χ2v) is 4.37. The lowest BCUT2D eigenvalue weighted by Gasteiger charge is -2.07. The van der Waals surface area contributed by atoms with Crippen molar-refractivity contribution in [3.05, 3.63) is 46.1 Å². The molecule has 0 aliphatic heterocycles. The Kier molecular flexibility index (Phi) is 4.24. The van der Waals surface area contributed by atoms with Crippen LogP contribution in [0.4, 0.5) is 11.5 Å². The van der Waals surface area contributed by atoms with E-state index >= 15 is 0 Å². The number of nitrogens with one attached hydrogen (secondary N) is 1. The molecule has 0 saturated heterocycles. The van der Waals surface area contributed by atoms with E-state index in [1.54, 1.807) is 19.2 Å². The summed E-state index contributed by atoms with van der Waals surface area (Å²) in [4.78, 5) is 19.1. The van der Waals surface area contributed by atoms with Crippen LogP contribution in [0.15, 0.2) is 30.3 Å². The Hall–Kier alpha value is -2.50. The van der Waals surface area contributed by atoms with Crippen LogP contribution < -0.4 is 5.32 Å². The smallest absolute Gasteiger partial charge is 0.269 e. The molecule has 1 aromatic heterocycles. The topological polar surface area (TPSA) is 81.0 Å². The van der Waals surface area contributed by atoms with Crippen molar-refractivity contribution in [3.8, 4) is 11.4 Å². The van der Waals surface area contributed by atoms with Gasteiger partial charge in [0, 0.05) is 36.5 Å². The van der Waals surface area contributed by atoms with Gasteiger partial charge in [0.05, 0.1) is 4.92 Å². The highest BCUT2D eigenvalue weighted by Gasteiger charge is 2.09. The molecule has 104 valence electrons. The minimum Gasteiger partial charge on any atom is -0.373 e. The Labute approximate surface area is 117 Å². The Morgan fingerprint density at radius 3 is 2.50 bits per heavy atom. The molecule has 0 amide bonds. The van der Waals surface area contributed by atoms with Gasteiger partial charge in [0.25, 0.3) is 5.69 Å². The number of nitrogens with zero attached hydrogens (tertiary/aromatic N) is 3. The molecular formula is C14H16N4O2. The lowest BCUT2D eigenvalue weighted by Crippen LogP contribution is -2.01. The summed E-state index contributed by atoms with van der Waals surface area (Å²) in [6, 6.07) is 8.18. The summed E-state index contributed by atoms with van der Waals surface area (Å²) in [5, 5.41) is 13.7. The fourth-order valence-electron chi connectivity index (χ4n) is 1.87. The van der Waals surface area contributed by atoms with Gasteiger partial charge in [-0.25, -0.2) is 9.97 Å². The largest absolute Gasteiger partial charge is 0.373 e. The van der Waals surface area contributed by atoms with Crippen LogP contribution in [0, 0.1) is 10.1 Å².